The highest BCUT2D eigenvalue weighted by Crippen LogP contribution is 2.02. The number of likely N-dealkylation sites (N-methyl/N-ethyl adjacent to an activating group) is 1. The first-order valence-electron chi connectivity index (χ1n) is 4.08. The van der Waals surface area contributed by atoms with Crippen LogP contribution in [0, 0.1) is 4.91 Å². The van der Waals surface area contributed by atoms with E-state index in [-0.39, 0.29) is 6.54 Å². The molecule has 72 valence electrons. The Kier molecular flexibility index (Phi) is 5.52. The fourth-order valence-electron chi connectivity index (χ4n) is 0.782. The Bertz CT molecular complexity index is 239. The van der Waals surface area contributed by atoms with Crippen LogP contribution in [0.3, 0.4) is 0 Å². The van der Waals surface area contributed by atoms with Gasteiger partial charge in [-0.3, -0.25) is 0 Å². The van der Waals surface area contributed by atoms with E-state index in [1.807, 2.05) is 38.1 Å². The van der Waals surface area contributed by atoms with Crippen molar-refractivity contribution in [3.8, 4) is 0 Å². The van der Waals surface area contributed by atoms with Crippen molar-refractivity contribution < 1.29 is 0 Å². The Labute approximate surface area is 79.4 Å². The maximum Gasteiger partial charge on any atom is 0.102 e. The summed E-state index contributed by atoms with van der Waals surface area (Å²) in [4.78, 5) is 11.9. The Balaban J connectivity index is 4.43. The molecule has 0 rings (SSSR count). The molecule has 0 aliphatic heterocycles. The van der Waals surface area contributed by atoms with Crippen LogP contribution in [0.1, 0.15) is 6.92 Å². The van der Waals surface area contributed by atoms with Crippen LogP contribution in [-0.2, 0) is 0 Å². The SMILES string of the molecule is C=C/C(=C\C=C(/C)CN=O)N(C)C. The van der Waals surface area contributed by atoms with Crippen molar-refractivity contribution in [3.05, 3.63) is 41.0 Å². The summed E-state index contributed by atoms with van der Waals surface area (Å²) in [6.45, 7) is 5.80. The second kappa shape index (κ2) is 6.17. The highest BCUT2D eigenvalue weighted by atomic mass is 16.3. The van der Waals surface area contributed by atoms with E-state index >= 15 is 0 Å². The Morgan fingerprint density at radius 2 is 2.08 bits per heavy atom. The molecule has 0 radical (unpaired) electrons. The summed E-state index contributed by atoms with van der Waals surface area (Å²) in [5, 5.41) is 2.80. The van der Waals surface area contributed by atoms with Crippen LogP contribution >= 0.6 is 0 Å². The molecule has 0 unspecified atom stereocenters. The van der Waals surface area contributed by atoms with Crippen LogP contribution in [0.4, 0.5) is 0 Å². The predicted molar refractivity (Wildman–Crippen MR) is 56.4 cm³/mol. The van der Waals surface area contributed by atoms with E-state index in [4.69, 9.17) is 0 Å². The number of rotatable bonds is 5. The monoisotopic (exact) mass is 180 g/mol. The zero-order valence-electron chi connectivity index (χ0n) is 8.45. The highest BCUT2D eigenvalue weighted by Gasteiger charge is 1.91. The van der Waals surface area contributed by atoms with Gasteiger partial charge in [0.25, 0.3) is 0 Å². The average molecular weight is 180 g/mol. The lowest BCUT2D eigenvalue weighted by molar-refractivity contribution is 0.530. The summed E-state index contributed by atoms with van der Waals surface area (Å²) in [5.74, 6) is 0. The zero-order valence-corrected chi connectivity index (χ0v) is 8.45. The van der Waals surface area contributed by atoms with Crippen molar-refractivity contribution >= 4 is 0 Å². The minimum atomic E-state index is 0.244. The van der Waals surface area contributed by atoms with Gasteiger partial charge in [0.05, 0.1) is 0 Å². The fourth-order valence-corrected chi connectivity index (χ4v) is 0.782. The number of hydrogen-bond acceptors (Lipinski definition) is 3. The Hall–Kier alpha value is -1.38. The lowest BCUT2D eigenvalue weighted by atomic mass is 10.2. The molecule has 0 saturated heterocycles. The molecule has 0 fully saturated rings. The third kappa shape index (κ3) is 4.95. The molecule has 3 heteroatoms. The minimum Gasteiger partial charge on any atom is -0.378 e. The van der Waals surface area contributed by atoms with Crippen molar-refractivity contribution in [1.82, 2.24) is 4.90 Å². The van der Waals surface area contributed by atoms with Crippen LogP contribution in [0.2, 0.25) is 0 Å². The molecule has 0 aliphatic rings. The van der Waals surface area contributed by atoms with Crippen molar-refractivity contribution in [1.29, 1.82) is 0 Å². The first-order chi connectivity index (χ1) is 6.11. The van der Waals surface area contributed by atoms with Gasteiger partial charge in [0.15, 0.2) is 0 Å². The van der Waals surface area contributed by atoms with Gasteiger partial charge in [0.2, 0.25) is 0 Å². The van der Waals surface area contributed by atoms with Crippen molar-refractivity contribution in [2.45, 2.75) is 6.92 Å². The summed E-state index contributed by atoms with van der Waals surface area (Å²) in [6, 6.07) is 0. The van der Waals surface area contributed by atoms with E-state index in [1.165, 1.54) is 0 Å². The van der Waals surface area contributed by atoms with Crippen molar-refractivity contribution in [3.63, 3.8) is 0 Å². The second-order valence-corrected chi connectivity index (χ2v) is 2.99. The topological polar surface area (TPSA) is 32.7 Å². The number of nitrogens with zero attached hydrogens (tertiary/aromatic N) is 2. The van der Waals surface area contributed by atoms with E-state index in [1.54, 1.807) is 6.08 Å². The lowest BCUT2D eigenvalue weighted by Crippen LogP contribution is -2.08. The molecule has 0 aromatic heterocycles. The summed E-state index contributed by atoms with van der Waals surface area (Å²) in [5.41, 5.74) is 1.95. The largest absolute Gasteiger partial charge is 0.378 e. The molecule has 0 aliphatic carbocycles. The molecule has 0 heterocycles. The predicted octanol–water partition coefficient (Wildman–Crippen LogP) is 2.33. The number of allylic oxidation sites excluding steroid dienone is 3. The van der Waals surface area contributed by atoms with Crippen molar-refractivity contribution in [2.75, 3.05) is 20.6 Å². The summed E-state index contributed by atoms with van der Waals surface area (Å²) >= 11 is 0. The van der Waals surface area contributed by atoms with E-state index < -0.39 is 0 Å². The van der Waals surface area contributed by atoms with Crippen LogP contribution in [-0.4, -0.2) is 25.5 Å². The fraction of sp³-hybridized carbons (Fsp3) is 0.400. The molecule has 0 bridgehead atoms. The standard InChI is InChI=1S/C10H16N2O/c1-5-10(12(3)4)7-6-9(2)8-11-13/h5-7H,1,8H2,2-4H3/b9-6+,10-7+. The molecule has 0 aromatic carbocycles. The molecular weight excluding hydrogens is 164 g/mol. The van der Waals surface area contributed by atoms with Crippen LogP contribution in [0.25, 0.3) is 0 Å². The van der Waals surface area contributed by atoms with Crippen LogP contribution in [0.5, 0.6) is 0 Å². The smallest absolute Gasteiger partial charge is 0.102 e. The summed E-state index contributed by atoms with van der Waals surface area (Å²) < 4.78 is 0. The van der Waals surface area contributed by atoms with Gasteiger partial charge in [-0.2, -0.15) is 4.91 Å². The van der Waals surface area contributed by atoms with Gasteiger partial charge in [0, 0.05) is 19.8 Å². The molecule has 13 heavy (non-hydrogen) atoms. The number of nitroso groups, excluding NO2 is 1. The van der Waals surface area contributed by atoms with E-state index in [2.05, 4.69) is 11.8 Å². The van der Waals surface area contributed by atoms with E-state index in [9.17, 15) is 4.91 Å². The molecule has 0 spiro atoms. The molecule has 0 saturated carbocycles. The zero-order chi connectivity index (χ0) is 10.3. The quantitative estimate of drug-likeness (QED) is 0.480. The third-order valence-corrected chi connectivity index (χ3v) is 1.58. The Morgan fingerprint density at radius 3 is 2.46 bits per heavy atom. The summed E-state index contributed by atoms with van der Waals surface area (Å²) in [7, 11) is 3.88. The third-order valence-electron chi connectivity index (χ3n) is 1.58. The molecule has 0 amide bonds. The van der Waals surface area contributed by atoms with Crippen LogP contribution < -0.4 is 0 Å². The first kappa shape index (κ1) is 11.6. The molecular formula is C10H16N2O. The van der Waals surface area contributed by atoms with Gasteiger partial charge < -0.3 is 4.90 Å². The summed E-state index contributed by atoms with van der Waals surface area (Å²) in [6.07, 6.45) is 5.55. The van der Waals surface area contributed by atoms with Gasteiger partial charge in [-0.25, -0.2) is 0 Å². The molecule has 0 aromatic rings. The lowest BCUT2D eigenvalue weighted by Gasteiger charge is -2.12. The van der Waals surface area contributed by atoms with Crippen LogP contribution in [0.15, 0.2) is 41.3 Å². The Morgan fingerprint density at radius 1 is 1.46 bits per heavy atom. The number of hydrogen-bond donors (Lipinski definition) is 0. The molecule has 0 N–H and O–H groups in total. The highest BCUT2D eigenvalue weighted by molar-refractivity contribution is 5.23. The maximum atomic E-state index is 9.92. The maximum absolute atomic E-state index is 9.92. The van der Waals surface area contributed by atoms with Gasteiger partial charge in [-0.05, 0) is 24.6 Å². The second-order valence-electron chi connectivity index (χ2n) is 2.99. The van der Waals surface area contributed by atoms with Gasteiger partial charge in [-0.1, -0.05) is 17.8 Å². The van der Waals surface area contributed by atoms with E-state index in [0.717, 1.165) is 11.3 Å². The van der Waals surface area contributed by atoms with E-state index in [0.29, 0.717) is 0 Å². The molecule has 3 nitrogen and oxygen atoms in total. The first-order valence-corrected chi connectivity index (χ1v) is 4.08. The molecule has 0 atom stereocenters. The van der Waals surface area contributed by atoms with Gasteiger partial charge in [0.1, 0.15) is 6.54 Å². The van der Waals surface area contributed by atoms with Gasteiger partial charge >= 0.3 is 0 Å². The average Bonchev–Trinajstić information content (AvgIpc) is 2.05. The van der Waals surface area contributed by atoms with Gasteiger partial charge in [-0.15, -0.1) is 0 Å². The minimum absolute atomic E-state index is 0.244. The van der Waals surface area contributed by atoms with Crippen molar-refractivity contribution in [2.24, 2.45) is 5.18 Å². The normalized spacial score (nSPS) is 12.5.